The summed E-state index contributed by atoms with van der Waals surface area (Å²) >= 11 is 0. The maximum atomic E-state index is 13.0. The van der Waals surface area contributed by atoms with Crippen molar-refractivity contribution in [2.75, 3.05) is 47.5 Å². The standard InChI is InChI=1S/C73H143NO8/c1-6-8-10-12-14-16-18-20-22-24-26-28-30-32-34-35-36-37-38-40-42-44-46-48-50-52-54-56-58-60-62-64-71(76)82-69(68-81-73(72(77)78)79-66-65-74(3,4)5)67-80-70(75)63-61-59-57-55-53-51-49-47-45-43-41-39-33-31-29-27-25-23-21-19-17-15-13-11-9-7-2/h69,73H,6-68H2,1-5H3/p+1. The molecule has 0 saturated carbocycles. The molecule has 0 bridgehead atoms. The normalized spacial score (nSPS) is 12.5. The lowest BCUT2D eigenvalue weighted by Crippen LogP contribution is -2.40. The number of esters is 2. The lowest BCUT2D eigenvalue weighted by atomic mass is 10.0. The molecule has 0 aromatic heterocycles. The van der Waals surface area contributed by atoms with Crippen molar-refractivity contribution < 1.29 is 42.9 Å². The van der Waals surface area contributed by atoms with Gasteiger partial charge in [0, 0.05) is 12.8 Å². The van der Waals surface area contributed by atoms with Crippen LogP contribution < -0.4 is 0 Å². The summed E-state index contributed by atoms with van der Waals surface area (Å²) in [5.41, 5.74) is 0. The van der Waals surface area contributed by atoms with Gasteiger partial charge in [0.2, 0.25) is 0 Å². The molecule has 2 atom stereocenters. The van der Waals surface area contributed by atoms with Crippen LogP contribution in [-0.4, -0.2) is 87.4 Å². The van der Waals surface area contributed by atoms with Crippen LogP contribution in [0.2, 0.25) is 0 Å². The third-order valence-electron chi connectivity index (χ3n) is 17.1. The van der Waals surface area contributed by atoms with E-state index in [9.17, 15) is 19.5 Å². The number of likely N-dealkylation sites (N-methyl/N-ethyl adjacent to an activating group) is 1. The summed E-state index contributed by atoms with van der Waals surface area (Å²) in [4.78, 5) is 37.6. The lowest BCUT2D eigenvalue weighted by molar-refractivity contribution is -0.870. The van der Waals surface area contributed by atoms with Gasteiger partial charge in [0.15, 0.2) is 6.10 Å². The number of ether oxygens (including phenoxy) is 4. The Balaban J connectivity index is 4.01. The molecule has 0 aliphatic heterocycles. The molecule has 488 valence electrons. The average molecular weight is 1160 g/mol. The fourth-order valence-corrected chi connectivity index (χ4v) is 11.5. The molecule has 0 aliphatic carbocycles. The van der Waals surface area contributed by atoms with Crippen molar-refractivity contribution in [3.8, 4) is 0 Å². The van der Waals surface area contributed by atoms with Gasteiger partial charge in [0.1, 0.15) is 13.2 Å². The summed E-state index contributed by atoms with van der Waals surface area (Å²) < 4.78 is 23.0. The summed E-state index contributed by atoms with van der Waals surface area (Å²) in [5, 5.41) is 9.75. The second-order valence-electron chi connectivity index (χ2n) is 26.6. The highest BCUT2D eigenvalue weighted by atomic mass is 16.7. The summed E-state index contributed by atoms with van der Waals surface area (Å²) in [6, 6.07) is 0. The van der Waals surface area contributed by atoms with Crippen LogP contribution in [-0.2, 0) is 33.3 Å². The second-order valence-corrected chi connectivity index (χ2v) is 26.6. The second kappa shape index (κ2) is 65.3. The van der Waals surface area contributed by atoms with Crippen molar-refractivity contribution >= 4 is 17.9 Å². The first-order valence-corrected chi connectivity index (χ1v) is 36.7. The topological polar surface area (TPSA) is 108 Å². The molecule has 0 spiro atoms. The number of carbonyl (C=O) groups excluding carboxylic acids is 2. The quantitative estimate of drug-likeness (QED) is 0.0278. The smallest absolute Gasteiger partial charge is 0.361 e. The Kier molecular flexibility index (Phi) is 63.9. The molecule has 1 N–H and O–H groups in total. The van der Waals surface area contributed by atoms with Gasteiger partial charge in [-0.05, 0) is 12.8 Å². The number of carbonyl (C=O) groups is 3. The zero-order valence-corrected chi connectivity index (χ0v) is 56.0. The summed E-state index contributed by atoms with van der Waals surface area (Å²) in [6.45, 7) is 4.98. The van der Waals surface area contributed by atoms with Gasteiger partial charge in [-0.3, -0.25) is 9.59 Å². The van der Waals surface area contributed by atoms with Crippen molar-refractivity contribution in [1.29, 1.82) is 0 Å². The Morgan fingerprint density at radius 2 is 0.549 bits per heavy atom. The minimum absolute atomic E-state index is 0.172. The molecule has 0 saturated heterocycles. The van der Waals surface area contributed by atoms with Crippen molar-refractivity contribution in [2.24, 2.45) is 0 Å². The minimum atomic E-state index is -1.50. The Labute approximate surface area is 511 Å². The molecule has 0 aromatic rings. The first-order chi connectivity index (χ1) is 40.1. The van der Waals surface area contributed by atoms with Crippen molar-refractivity contribution in [3.05, 3.63) is 0 Å². The number of carboxylic acids is 1. The fourth-order valence-electron chi connectivity index (χ4n) is 11.5. The summed E-state index contributed by atoms with van der Waals surface area (Å²) in [5.74, 6) is -1.96. The molecular formula is C73H144NO8+. The molecule has 0 amide bonds. The maximum absolute atomic E-state index is 13.0. The first-order valence-electron chi connectivity index (χ1n) is 36.7. The molecule has 82 heavy (non-hydrogen) atoms. The van der Waals surface area contributed by atoms with Gasteiger partial charge in [0.05, 0.1) is 34.4 Å². The molecule has 2 unspecified atom stereocenters. The zero-order chi connectivity index (χ0) is 59.8. The van der Waals surface area contributed by atoms with Gasteiger partial charge < -0.3 is 28.5 Å². The van der Waals surface area contributed by atoms with E-state index in [0.29, 0.717) is 17.4 Å². The van der Waals surface area contributed by atoms with Crippen molar-refractivity contribution in [3.63, 3.8) is 0 Å². The highest BCUT2D eigenvalue weighted by Gasteiger charge is 2.25. The molecule has 0 rings (SSSR count). The average Bonchev–Trinajstić information content (AvgIpc) is 3.45. The molecular weight excluding hydrogens is 1020 g/mol. The van der Waals surface area contributed by atoms with E-state index in [1.165, 1.54) is 327 Å². The monoisotopic (exact) mass is 1160 g/mol. The highest BCUT2D eigenvalue weighted by molar-refractivity contribution is 5.71. The molecule has 0 heterocycles. The molecule has 0 aliphatic rings. The molecule has 0 radical (unpaired) electrons. The van der Waals surface area contributed by atoms with Crippen LogP contribution in [0.4, 0.5) is 0 Å². The first kappa shape index (κ1) is 80.3. The van der Waals surface area contributed by atoms with E-state index < -0.39 is 18.4 Å². The molecule has 0 fully saturated rings. The van der Waals surface area contributed by atoms with E-state index in [-0.39, 0.29) is 38.2 Å². The molecule has 0 aromatic carbocycles. The van der Waals surface area contributed by atoms with Crippen molar-refractivity contribution in [1.82, 2.24) is 0 Å². The summed E-state index contributed by atoms with van der Waals surface area (Å²) in [6.07, 6.45) is 75.2. The van der Waals surface area contributed by atoms with Gasteiger partial charge >= 0.3 is 17.9 Å². The highest BCUT2D eigenvalue weighted by Crippen LogP contribution is 2.20. The predicted molar refractivity (Wildman–Crippen MR) is 351 cm³/mol. The number of unbranched alkanes of at least 4 members (excludes halogenated alkanes) is 55. The molecule has 9 nitrogen and oxygen atoms in total. The SMILES string of the molecule is CCCCCCCCCCCCCCCCCCCCCCCCCCCCCCCCCC(=O)OC(COC(=O)CCCCCCCCCCCCCCCCCCCCCCCCCCCC)COC(OCC[N+](C)(C)C)C(=O)O. The number of rotatable bonds is 70. The predicted octanol–water partition coefficient (Wildman–Crippen LogP) is 22.6. The number of aliphatic carboxylic acids is 1. The maximum Gasteiger partial charge on any atom is 0.361 e. The van der Waals surface area contributed by atoms with Crippen LogP contribution in [0.25, 0.3) is 0 Å². The van der Waals surface area contributed by atoms with Gasteiger partial charge in [-0.15, -0.1) is 0 Å². The lowest BCUT2D eigenvalue weighted by Gasteiger charge is -2.25. The largest absolute Gasteiger partial charge is 0.477 e. The van der Waals surface area contributed by atoms with Crippen LogP contribution in [0, 0.1) is 0 Å². The van der Waals surface area contributed by atoms with Crippen LogP contribution >= 0.6 is 0 Å². The third-order valence-corrected chi connectivity index (χ3v) is 17.1. The minimum Gasteiger partial charge on any atom is -0.477 e. The van der Waals surface area contributed by atoms with E-state index in [1.54, 1.807) is 0 Å². The van der Waals surface area contributed by atoms with E-state index in [1.807, 2.05) is 21.1 Å². The van der Waals surface area contributed by atoms with Crippen molar-refractivity contribution in [2.45, 2.75) is 405 Å². The third kappa shape index (κ3) is 65.8. The van der Waals surface area contributed by atoms with E-state index in [0.717, 1.165) is 38.5 Å². The van der Waals surface area contributed by atoms with E-state index in [4.69, 9.17) is 18.9 Å². The number of hydrogen-bond donors (Lipinski definition) is 1. The number of nitrogens with zero attached hydrogens (tertiary/aromatic N) is 1. The Morgan fingerprint density at radius 1 is 0.317 bits per heavy atom. The van der Waals surface area contributed by atoms with Crippen LogP contribution in [0.3, 0.4) is 0 Å². The molecule has 9 heteroatoms. The number of carboxylic acid groups (broad SMARTS) is 1. The van der Waals surface area contributed by atoms with E-state index in [2.05, 4.69) is 13.8 Å². The fraction of sp³-hybridized carbons (Fsp3) is 0.959. The van der Waals surface area contributed by atoms with Gasteiger partial charge in [0.25, 0.3) is 6.29 Å². The Morgan fingerprint density at radius 3 is 0.780 bits per heavy atom. The Bertz CT molecular complexity index is 1300. The van der Waals surface area contributed by atoms with Gasteiger partial charge in [-0.2, -0.15) is 0 Å². The van der Waals surface area contributed by atoms with Crippen LogP contribution in [0.1, 0.15) is 393 Å². The Hall–Kier alpha value is -1.71. The van der Waals surface area contributed by atoms with Crippen LogP contribution in [0.5, 0.6) is 0 Å². The summed E-state index contributed by atoms with van der Waals surface area (Å²) in [7, 11) is 6.00. The van der Waals surface area contributed by atoms with Crippen LogP contribution in [0.15, 0.2) is 0 Å². The number of quaternary nitrogens is 1. The number of hydrogen-bond acceptors (Lipinski definition) is 7. The van der Waals surface area contributed by atoms with E-state index >= 15 is 0 Å². The van der Waals surface area contributed by atoms with Gasteiger partial charge in [-0.1, -0.05) is 367 Å². The van der Waals surface area contributed by atoms with Gasteiger partial charge in [-0.25, -0.2) is 4.79 Å². The zero-order valence-electron chi connectivity index (χ0n) is 56.0.